The first-order chi connectivity index (χ1) is 18.6. The van der Waals surface area contributed by atoms with Gasteiger partial charge in [-0.3, -0.25) is 19.9 Å². The molecule has 0 saturated heterocycles. The van der Waals surface area contributed by atoms with Gasteiger partial charge < -0.3 is 9.64 Å². The van der Waals surface area contributed by atoms with Crippen molar-refractivity contribution in [1.29, 1.82) is 0 Å². The number of hydrogen-bond acceptors (Lipinski definition) is 9. The van der Waals surface area contributed by atoms with Crippen molar-refractivity contribution in [2.75, 3.05) is 12.4 Å². The van der Waals surface area contributed by atoms with Crippen LogP contribution in [0.3, 0.4) is 0 Å². The maximum absolute atomic E-state index is 13.3. The summed E-state index contributed by atoms with van der Waals surface area (Å²) in [5, 5.41) is 3.39. The topological polar surface area (TPSA) is 123 Å². The summed E-state index contributed by atoms with van der Waals surface area (Å²) in [6.45, 7) is 3.68. The molecule has 5 heterocycles. The van der Waals surface area contributed by atoms with E-state index in [0.29, 0.717) is 33.4 Å². The highest BCUT2D eigenvalue weighted by Crippen LogP contribution is 2.35. The van der Waals surface area contributed by atoms with Crippen LogP contribution in [0.5, 0.6) is 5.75 Å². The minimum Gasteiger partial charge on any atom is -0.494 e. The number of thiazole rings is 1. The Balaban J connectivity index is 1.35. The lowest BCUT2D eigenvalue weighted by molar-refractivity contribution is 0.0742. The number of nitrogens with zero attached hydrogens (tertiary/aromatic N) is 6. The molecule has 0 saturated carbocycles. The number of hydrogen-bond donors (Lipinski definition) is 1. The normalized spacial score (nSPS) is 12.5. The van der Waals surface area contributed by atoms with E-state index >= 15 is 0 Å². The molecule has 0 spiro atoms. The lowest BCUT2D eigenvalue weighted by Crippen LogP contribution is -2.27. The van der Waals surface area contributed by atoms with Crippen LogP contribution >= 0.6 is 22.9 Å². The molecule has 4 aromatic rings. The second kappa shape index (κ2) is 10.6. The molecule has 4 aromatic heterocycles. The molecular weight excluding hydrogens is 552 g/mol. The van der Waals surface area contributed by atoms with Crippen LogP contribution in [0.1, 0.15) is 55.1 Å². The van der Waals surface area contributed by atoms with Crippen molar-refractivity contribution in [1.82, 2.24) is 29.8 Å². The molecule has 0 aromatic carbocycles. The van der Waals surface area contributed by atoms with Crippen LogP contribution < -0.4 is 10.1 Å². The van der Waals surface area contributed by atoms with E-state index < -0.39 is 24.1 Å². The molecule has 0 radical (unpaired) electrons. The van der Waals surface area contributed by atoms with Crippen LogP contribution in [0.25, 0.3) is 11.1 Å². The van der Waals surface area contributed by atoms with Crippen LogP contribution in [-0.2, 0) is 13.1 Å². The fourth-order valence-corrected chi connectivity index (χ4v) is 5.26. The van der Waals surface area contributed by atoms with E-state index in [0.717, 1.165) is 4.88 Å². The van der Waals surface area contributed by atoms with Gasteiger partial charge in [-0.05, 0) is 32.0 Å². The second-order valence-corrected chi connectivity index (χ2v) is 10.1. The van der Waals surface area contributed by atoms with E-state index in [2.05, 4.69) is 30.2 Å². The maximum Gasteiger partial charge on any atom is 0.297 e. The zero-order chi connectivity index (χ0) is 27.8. The van der Waals surface area contributed by atoms with E-state index in [-0.39, 0.29) is 35.2 Å². The molecule has 14 heteroatoms. The number of pyridine rings is 2. The predicted octanol–water partition coefficient (Wildman–Crippen LogP) is 5.01. The Morgan fingerprint density at radius 3 is 2.56 bits per heavy atom. The number of aromatic nitrogens is 5. The molecule has 1 aliphatic rings. The number of nitrogens with one attached hydrogen (secondary N) is 1. The molecule has 0 bridgehead atoms. The van der Waals surface area contributed by atoms with Gasteiger partial charge in [0, 0.05) is 28.7 Å². The molecule has 5 rings (SSSR count). The van der Waals surface area contributed by atoms with Gasteiger partial charge >= 0.3 is 0 Å². The van der Waals surface area contributed by atoms with E-state index in [1.807, 2.05) is 0 Å². The molecule has 39 heavy (non-hydrogen) atoms. The standard InChI is InChI=1S/C25H20ClF2N7O3S/c1-11-4-13(14-6-20(26)30-8-18(14)38-3)15(7-29-11)23(36)34-25-33-17-9-35(10-19(17)39-25)24(37)16-5-12(2)31-22(32-16)21(27)28/h4-8,21H,9-10H2,1-3H3,(H,33,34,36). The SMILES string of the molecule is COc1cnc(Cl)cc1-c1cc(C)ncc1C(=O)Nc1nc2c(s1)CN(C(=O)c1cc(C)nc(C(F)F)n1)C2. The minimum atomic E-state index is -2.88. The summed E-state index contributed by atoms with van der Waals surface area (Å²) >= 11 is 7.33. The first-order valence-electron chi connectivity index (χ1n) is 11.5. The fraction of sp³-hybridized carbons (Fsp3) is 0.240. The Kier molecular flexibility index (Phi) is 7.19. The smallest absolute Gasteiger partial charge is 0.297 e. The number of fused-ring (bicyclic) bond motifs is 1. The molecule has 0 unspecified atom stereocenters. The van der Waals surface area contributed by atoms with Gasteiger partial charge in [-0.15, -0.1) is 0 Å². The highest BCUT2D eigenvalue weighted by molar-refractivity contribution is 7.16. The summed E-state index contributed by atoms with van der Waals surface area (Å²) in [7, 11) is 1.50. The van der Waals surface area contributed by atoms with Crippen LogP contribution in [0.4, 0.5) is 13.9 Å². The molecule has 2 amide bonds. The first kappa shape index (κ1) is 26.5. The third kappa shape index (κ3) is 5.40. The summed E-state index contributed by atoms with van der Waals surface area (Å²) in [6.07, 6.45) is 0.0580. The summed E-state index contributed by atoms with van der Waals surface area (Å²) in [5.74, 6) is -1.19. The van der Waals surface area contributed by atoms with Crippen molar-refractivity contribution >= 4 is 39.9 Å². The first-order valence-corrected chi connectivity index (χ1v) is 12.7. The average molecular weight is 572 g/mol. The Morgan fingerprint density at radius 1 is 1.05 bits per heavy atom. The third-order valence-corrected chi connectivity index (χ3v) is 7.08. The van der Waals surface area contributed by atoms with E-state index in [1.165, 1.54) is 48.7 Å². The third-order valence-electron chi connectivity index (χ3n) is 5.88. The summed E-state index contributed by atoms with van der Waals surface area (Å²) in [5.41, 5.74) is 2.89. The van der Waals surface area contributed by atoms with Crippen molar-refractivity contribution in [3.8, 4) is 16.9 Å². The van der Waals surface area contributed by atoms with Crippen LogP contribution in [0.15, 0.2) is 30.6 Å². The zero-order valence-electron chi connectivity index (χ0n) is 20.8. The monoisotopic (exact) mass is 571 g/mol. The van der Waals surface area contributed by atoms with Crippen LogP contribution in [0.2, 0.25) is 5.15 Å². The number of rotatable bonds is 6. The minimum absolute atomic E-state index is 0.104. The number of carbonyl (C=O) groups excluding carboxylic acids is 2. The van der Waals surface area contributed by atoms with E-state index in [4.69, 9.17) is 16.3 Å². The number of carbonyl (C=O) groups is 2. The highest BCUT2D eigenvalue weighted by Gasteiger charge is 2.30. The Hall–Kier alpha value is -4.10. The molecule has 1 aliphatic heterocycles. The van der Waals surface area contributed by atoms with Gasteiger partial charge in [0.25, 0.3) is 18.2 Å². The summed E-state index contributed by atoms with van der Waals surface area (Å²) in [6, 6.07) is 4.74. The molecule has 0 atom stereocenters. The lowest BCUT2D eigenvalue weighted by Gasteiger charge is -2.16. The number of amides is 2. The number of halogens is 3. The molecule has 1 N–H and O–H groups in total. The van der Waals surface area contributed by atoms with E-state index in [1.54, 1.807) is 19.1 Å². The Morgan fingerprint density at radius 2 is 1.85 bits per heavy atom. The number of alkyl halides is 2. The Labute approximate surface area is 230 Å². The van der Waals surface area contributed by atoms with Gasteiger partial charge in [-0.25, -0.2) is 28.7 Å². The Bertz CT molecular complexity index is 1590. The van der Waals surface area contributed by atoms with Crippen molar-refractivity contribution < 1.29 is 23.1 Å². The van der Waals surface area contributed by atoms with Gasteiger partial charge in [-0.2, -0.15) is 0 Å². The number of ether oxygens (including phenoxy) is 1. The van der Waals surface area contributed by atoms with Crippen molar-refractivity contribution in [3.05, 3.63) is 74.8 Å². The lowest BCUT2D eigenvalue weighted by atomic mass is 10.0. The largest absolute Gasteiger partial charge is 0.494 e. The molecule has 200 valence electrons. The second-order valence-electron chi connectivity index (χ2n) is 8.64. The molecule has 0 aliphatic carbocycles. The van der Waals surface area contributed by atoms with Crippen molar-refractivity contribution in [3.63, 3.8) is 0 Å². The molecule has 0 fully saturated rings. The van der Waals surface area contributed by atoms with Crippen LogP contribution in [0, 0.1) is 13.8 Å². The maximum atomic E-state index is 13.3. The van der Waals surface area contributed by atoms with Gasteiger partial charge in [0.2, 0.25) is 0 Å². The van der Waals surface area contributed by atoms with Gasteiger partial charge in [0.1, 0.15) is 16.6 Å². The quantitative estimate of drug-likeness (QED) is 0.320. The van der Waals surface area contributed by atoms with Gasteiger partial charge in [0.15, 0.2) is 11.0 Å². The van der Waals surface area contributed by atoms with Crippen molar-refractivity contribution in [2.45, 2.75) is 33.4 Å². The zero-order valence-corrected chi connectivity index (χ0v) is 22.4. The summed E-state index contributed by atoms with van der Waals surface area (Å²) < 4.78 is 31.6. The number of aryl methyl sites for hydroxylation is 2. The van der Waals surface area contributed by atoms with Gasteiger partial charge in [0.05, 0.1) is 42.5 Å². The fourth-order valence-electron chi connectivity index (χ4n) is 4.12. The van der Waals surface area contributed by atoms with Crippen molar-refractivity contribution in [2.24, 2.45) is 0 Å². The highest BCUT2D eigenvalue weighted by atomic mass is 35.5. The predicted molar refractivity (Wildman–Crippen MR) is 139 cm³/mol. The molecular formula is C25H20ClF2N7O3S. The van der Waals surface area contributed by atoms with E-state index in [9.17, 15) is 18.4 Å². The number of anilines is 1. The molecule has 10 nitrogen and oxygen atoms in total. The summed E-state index contributed by atoms with van der Waals surface area (Å²) in [4.78, 5) is 48.6. The van der Waals surface area contributed by atoms with Crippen LogP contribution in [-0.4, -0.2) is 48.7 Å². The number of methoxy groups -OCH3 is 1. The van der Waals surface area contributed by atoms with Gasteiger partial charge in [-0.1, -0.05) is 22.9 Å². The average Bonchev–Trinajstić information content (AvgIpc) is 3.46.